The van der Waals surface area contributed by atoms with Gasteiger partial charge in [-0.3, -0.25) is 4.79 Å². The molecule has 5 nitrogen and oxygen atoms in total. The SMILES string of the molecule is CCS(=O)(=O)N[C@H](CCSC)C(=O)N(C)Cc1c(F)cccc1Cl. The molecule has 0 bridgehead atoms. The number of halogens is 2. The van der Waals surface area contributed by atoms with Crippen LogP contribution in [-0.4, -0.2) is 50.1 Å². The van der Waals surface area contributed by atoms with Gasteiger partial charge in [0, 0.05) is 24.2 Å². The number of rotatable bonds is 9. The zero-order chi connectivity index (χ0) is 18.3. The van der Waals surface area contributed by atoms with Gasteiger partial charge in [0.15, 0.2) is 0 Å². The molecule has 1 amide bonds. The molecule has 0 saturated heterocycles. The first kappa shape index (κ1) is 21.2. The second-order valence-electron chi connectivity index (χ2n) is 5.25. The van der Waals surface area contributed by atoms with Crippen LogP contribution in [0, 0.1) is 5.82 Å². The summed E-state index contributed by atoms with van der Waals surface area (Å²) in [4.78, 5) is 13.9. The van der Waals surface area contributed by atoms with Crippen molar-refractivity contribution in [1.82, 2.24) is 9.62 Å². The minimum absolute atomic E-state index is 0.0338. The van der Waals surface area contributed by atoms with E-state index in [2.05, 4.69) is 4.72 Å². The fraction of sp³-hybridized carbons (Fsp3) is 0.533. The summed E-state index contributed by atoms with van der Waals surface area (Å²) in [5.41, 5.74) is 0.206. The number of hydrogen-bond donors (Lipinski definition) is 1. The minimum Gasteiger partial charge on any atom is -0.340 e. The predicted molar refractivity (Wildman–Crippen MR) is 97.3 cm³/mol. The number of nitrogens with zero attached hydrogens (tertiary/aromatic N) is 1. The van der Waals surface area contributed by atoms with Gasteiger partial charge >= 0.3 is 0 Å². The third-order valence-electron chi connectivity index (χ3n) is 3.44. The zero-order valence-corrected chi connectivity index (χ0v) is 16.3. The first-order chi connectivity index (χ1) is 11.2. The maximum atomic E-state index is 13.9. The summed E-state index contributed by atoms with van der Waals surface area (Å²) in [5, 5.41) is 0.226. The Morgan fingerprint density at radius 2 is 2.12 bits per heavy atom. The van der Waals surface area contributed by atoms with Gasteiger partial charge in [-0.15, -0.1) is 0 Å². The third-order valence-corrected chi connectivity index (χ3v) is 5.85. The number of likely N-dealkylation sites (N-methyl/N-ethyl adjacent to an activating group) is 1. The summed E-state index contributed by atoms with van der Waals surface area (Å²) in [5.74, 6) is -0.409. The molecule has 24 heavy (non-hydrogen) atoms. The molecular formula is C15H22ClFN2O3S2. The predicted octanol–water partition coefficient (Wildman–Crippen LogP) is 2.50. The summed E-state index contributed by atoms with van der Waals surface area (Å²) in [7, 11) is -2.03. The van der Waals surface area contributed by atoms with Gasteiger partial charge in [-0.1, -0.05) is 17.7 Å². The van der Waals surface area contributed by atoms with Gasteiger partial charge in [0.05, 0.1) is 5.75 Å². The van der Waals surface area contributed by atoms with E-state index in [-0.39, 0.29) is 22.9 Å². The Morgan fingerprint density at radius 3 is 2.67 bits per heavy atom. The molecule has 0 aliphatic heterocycles. The molecule has 0 fully saturated rings. The lowest BCUT2D eigenvalue weighted by molar-refractivity contribution is -0.132. The Kier molecular flexibility index (Phi) is 8.49. The highest BCUT2D eigenvalue weighted by molar-refractivity contribution is 7.98. The normalized spacial score (nSPS) is 12.9. The maximum Gasteiger partial charge on any atom is 0.240 e. The summed E-state index contributed by atoms with van der Waals surface area (Å²) in [6.07, 6.45) is 2.23. The van der Waals surface area contributed by atoms with Crippen LogP contribution in [0.25, 0.3) is 0 Å². The summed E-state index contributed by atoms with van der Waals surface area (Å²) in [6, 6.07) is 3.42. The van der Waals surface area contributed by atoms with Crippen LogP contribution in [0.3, 0.4) is 0 Å². The van der Waals surface area contributed by atoms with Crippen LogP contribution in [0.5, 0.6) is 0 Å². The van der Waals surface area contributed by atoms with Crippen molar-refractivity contribution in [2.24, 2.45) is 0 Å². The van der Waals surface area contributed by atoms with E-state index >= 15 is 0 Å². The summed E-state index contributed by atoms with van der Waals surface area (Å²) in [6.45, 7) is 1.47. The van der Waals surface area contributed by atoms with Crippen LogP contribution >= 0.6 is 23.4 Å². The van der Waals surface area contributed by atoms with Gasteiger partial charge in [0.1, 0.15) is 11.9 Å². The van der Waals surface area contributed by atoms with Crippen LogP contribution < -0.4 is 4.72 Å². The molecule has 0 heterocycles. The molecule has 0 radical (unpaired) electrons. The number of nitrogens with one attached hydrogen (secondary N) is 1. The monoisotopic (exact) mass is 396 g/mol. The average molecular weight is 397 g/mol. The van der Waals surface area contributed by atoms with Crippen molar-refractivity contribution in [1.29, 1.82) is 0 Å². The van der Waals surface area contributed by atoms with Crippen LogP contribution in [0.2, 0.25) is 5.02 Å². The fourth-order valence-electron chi connectivity index (χ4n) is 2.03. The van der Waals surface area contributed by atoms with Gasteiger partial charge < -0.3 is 4.90 Å². The molecule has 1 aromatic rings. The number of carbonyl (C=O) groups is 1. The molecular weight excluding hydrogens is 375 g/mol. The lowest BCUT2D eigenvalue weighted by Crippen LogP contribution is -2.47. The smallest absolute Gasteiger partial charge is 0.240 e. The van der Waals surface area contributed by atoms with E-state index in [1.54, 1.807) is 6.07 Å². The van der Waals surface area contributed by atoms with E-state index in [4.69, 9.17) is 11.6 Å². The van der Waals surface area contributed by atoms with Crippen LogP contribution in [0.4, 0.5) is 4.39 Å². The Balaban J connectivity index is 2.92. The topological polar surface area (TPSA) is 66.5 Å². The number of sulfonamides is 1. The van der Waals surface area contributed by atoms with E-state index < -0.39 is 27.8 Å². The molecule has 1 rings (SSSR count). The van der Waals surface area contributed by atoms with Crippen molar-refractivity contribution >= 4 is 39.3 Å². The average Bonchev–Trinajstić information content (AvgIpc) is 2.54. The van der Waals surface area contributed by atoms with Crippen molar-refractivity contribution in [3.8, 4) is 0 Å². The van der Waals surface area contributed by atoms with Crippen molar-refractivity contribution in [2.75, 3.05) is 24.8 Å². The van der Waals surface area contributed by atoms with Gasteiger partial charge in [0.25, 0.3) is 0 Å². The van der Waals surface area contributed by atoms with Crippen molar-refractivity contribution in [2.45, 2.75) is 25.9 Å². The van der Waals surface area contributed by atoms with E-state index in [9.17, 15) is 17.6 Å². The van der Waals surface area contributed by atoms with Crippen LogP contribution in [-0.2, 0) is 21.4 Å². The second-order valence-corrected chi connectivity index (χ2v) is 8.69. The maximum absolute atomic E-state index is 13.9. The van der Waals surface area contributed by atoms with Crippen LogP contribution in [0.15, 0.2) is 18.2 Å². The van der Waals surface area contributed by atoms with E-state index in [0.29, 0.717) is 12.2 Å². The van der Waals surface area contributed by atoms with E-state index in [0.717, 1.165) is 0 Å². The third kappa shape index (κ3) is 6.23. The molecule has 1 aromatic carbocycles. The number of benzene rings is 1. The number of hydrogen-bond acceptors (Lipinski definition) is 4. The Hall–Kier alpha value is -0.830. The number of amides is 1. The molecule has 0 aliphatic rings. The lowest BCUT2D eigenvalue weighted by Gasteiger charge is -2.25. The highest BCUT2D eigenvalue weighted by atomic mass is 35.5. The highest BCUT2D eigenvalue weighted by Crippen LogP contribution is 2.21. The van der Waals surface area contributed by atoms with Gasteiger partial charge in [-0.2, -0.15) is 11.8 Å². The summed E-state index contributed by atoms with van der Waals surface area (Å²) >= 11 is 7.49. The van der Waals surface area contributed by atoms with Crippen molar-refractivity contribution < 1.29 is 17.6 Å². The number of thioether (sulfide) groups is 1. The molecule has 136 valence electrons. The molecule has 0 aromatic heterocycles. The largest absolute Gasteiger partial charge is 0.340 e. The Morgan fingerprint density at radius 1 is 1.46 bits per heavy atom. The van der Waals surface area contributed by atoms with Gasteiger partial charge in [-0.25, -0.2) is 17.5 Å². The molecule has 0 unspecified atom stereocenters. The van der Waals surface area contributed by atoms with Crippen molar-refractivity contribution in [3.63, 3.8) is 0 Å². The standard InChI is InChI=1S/C15H22ClFN2O3S2/c1-4-24(21,22)18-14(8-9-23-3)15(20)19(2)10-11-12(16)6-5-7-13(11)17/h5-7,14,18H,4,8-10H2,1-3H3/t14-/m1/s1. The first-order valence-electron chi connectivity index (χ1n) is 7.38. The second kappa shape index (κ2) is 9.60. The lowest BCUT2D eigenvalue weighted by atomic mass is 10.1. The molecule has 1 atom stereocenters. The fourth-order valence-corrected chi connectivity index (χ4v) is 3.55. The molecule has 0 saturated carbocycles. The molecule has 9 heteroatoms. The van der Waals surface area contributed by atoms with Crippen LogP contribution in [0.1, 0.15) is 18.9 Å². The Bertz CT molecular complexity index is 650. The van der Waals surface area contributed by atoms with Gasteiger partial charge in [0.2, 0.25) is 15.9 Å². The minimum atomic E-state index is -3.52. The molecule has 1 N–H and O–H groups in total. The zero-order valence-electron chi connectivity index (χ0n) is 13.9. The van der Waals surface area contributed by atoms with Gasteiger partial charge in [-0.05, 0) is 37.5 Å². The quantitative estimate of drug-likeness (QED) is 0.696. The van der Waals surface area contributed by atoms with E-state index in [1.165, 1.54) is 42.8 Å². The van der Waals surface area contributed by atoms with E-state index in [1.807, 2.05) is 6.26 Å². The molecule has 0 aliphatic carbocycles. The molecule has 0 spiro atoms. The first-order valence-corrected chi connectivity index (χ1v) is 10.8. The Labute approximate surface area is 152 Å². The van der Waals surface area contributed by atoms with Crippen molar-refractivity contribution in [3.05, 3.63) is 34.6 Å². The highest BCUT2D eigenvalue weighted by Gasteiger charge is 2.26. The number of carbonyl (C=O) groups excluding carboxylic acids is 1. The summed E-state index contributed by atoms with van der Waals surface area (Å²) < 4.78 is 39.9.